The van der Waals surface area contributed by atoms with Gasteiger partial charge in [-0.1, -0.05) is 88.4 Å². The first kappa shape index (κ1) is 38.4. The number of hydrogen-bond acceptors (Lipinski definition) is 6. The predicted octanol–water partition coefficient (Wildman–Crippen LogP) is 4.34. The average Bonchev–Trinajstić information content (AvgIpc) is 3.10. The summed E-state index contributed by atoms with van der Waals surface area (Å²) < 4.78 is 6.01. The van der Waals surface area contributed by atoms with Gasteiger partial charge < -0.3 is 31.3 Å². The number of nitrogens with one attached hydrogen (secondary N) is 5. The highest BCUT2D eigenvalue weighted by atomic mass is 16.5. The molecule has 272 valence electrons. The molecule has 0 aromatic heterocycles. The van der Waals surface area contributed by atoms with Crippen molar-refractivity contribution in [3.8, 4) is 5.75 Å². The highest BCUT2D eigenvalue weighted by Gasteiger charge is 2.30. The lowest BCUT2D eigenvalue weighted by Gasteiger charge is -2.27. The van der Waals surface area contributed by atoms with Crippen molar-refractivity contribution >= 4 is 29.5 Å². The fraction of sp³-hybridized carbons (Fsp3) is 0.564. The molecule has 2 aromatic carbocycles. The predicted molar refractivity (Wildman–Crippen MR) is 192 cm³/mol. The van der Waals surface area contributed by atoms with Crippen molar-refractivity contribution < 1.29 is 28.7 Å². The fourth-order valence-electron chi connectivity index (χ4n) is 6.51. The van der Waals surface area contributed by atoms with Crippen LogP contribution in [0, 0.1) is 5.92 Å². The summed E-state index contributed by atoms with van der Waals surface area (Å²) in [7, 11) is 0. The van der Waals surface area contributed by atoms with Crippen molar-refractivity contribution in [2.24, 2.45) is 5.92 Å². The molecule has 11 nitrogen and oxygen atoms in total. The van der Waals surface area contributed by atoms with E-state index in [0.717, 1.165) is 63.4 Å². The zero-order valence-electron chi connectivity index (χ0n) is 29.6. The number of para-hydroxylation sites is 1. The van der Waals surface area contributed by atoms with E-state index in [1.165, 1.54) is 0 Å². The van der Waals surface area contributed by atoms with E-state index in [0.29, 0.717) is 30.9 Å². The van der Waals surface area contributed by atoms with Gasteiger partial charge in [-0.2, -0.15) is 0 Å². The molecule has 0 unspecified atom stereocenters. The van der Waals surface area contributed by atoms with E-state index in [-0.39, 0.29) is 43.0 Å². The second-order valence-corrected chi connectivity index (χ2v) is 14.0. The Balaban J connectivity index is 1.57. The maximum absolute atomic E-state index is 13.8. The zero-order valence-corrected chi connectivity index (χ0v) is 29.6. The van der Waals surface area contributed by atoms with Crippen LogP contribution in [0.2, 0.25) is 0 Å². The van der Waals surface area contributed by atoms with Gasteiger partial charge in [-0.3, -0.25) is 24.0 Å². The highest BCUT2D eigenvalue weighted by Crippen LogP contribution is 2.20. The first-order valence-electron chi connectivity index (χ1n) is 18.4. The van der Waals surface area contributed by atoms with E-state index in [2.05, 4.69) is 26.6 Å². The summed E-state index contributed by atoms with van der Waals surface area (Å²) in [6.45, 7) is 4.87. The van der Waals surface area contributed by atoms with E-state index in [1.54, 1.807) is 24.3 Å². The minimum atomic E-state index is -0.985. The van der Waals surface area contributed by atoms with Gasteiger partial charge in [0.25, 0.3) is 5.91 Å². The molecule has 1 aliphatic heterocycles. The maximum atomic E-state index is 13.8. The molecule has 0 radical (unpaired) electrons. The summed E-state index contributed by atoms with van der Waals surface area (Å²) in [5.74, 6) is -1.38. The van der Waals surface area contributed by atoms with Gasteiger partial charge >= 0.3 is 0 Å². The van der Waals surface area contributed by atoms with Crippen molar-refractivity contribution in [2.75, 3.05) is 13.2 Å². The third-order valence-electron chi connectivity index (χ3n) is 9.27. The molecule has 50 heavy (non-hydrogen) atoms. The van der Waals surface area contributed by atoms with Crippen LogP contribution in [0.15, 0.2) is 54.6 Å². The van der Waals surface area contributed by atoms with Crippen LogP contribution in [-0.2, 0) is 25.6 Å². The number of hydrogen-bond donors (Lipinski definition) is 5. The van der Waals surface area contributed by atoms with Gasteiger partial charge in [0.15, 0.2) is 0 Å². The number of amides is 5. The molecule has 0 spiro atoms. The minimum absolute atomic E-state index is 0.0156. The van der Waals surface area contributed by atoms with Gasteiger partial charge in [0.2, 0.25) is 23.6 Å². The Morgan fingerprint density at radius 2 is 1.48 bits per heavy atom. The normalized spacial score (nSPS) is 22.7. The van der Waals surface area contributed by atoms with Crippen molar-refractivity contribution in [3.63, 3.8) is 0 Å². The Hall–Kier alpha value is -4.41. The van der Waals surface area contributed by atoms with Crippen LogP contribution < -0.4 is 31.3 Å². The summed E-state index contributed by atoms with van der Waals surface area (Å²) in [6, 6.07) is 13.6. The third-order valence-corrected chi connectivity index (χ3v) is 9.27. The smallest absolute Gasteiger partial charge is 0.255 e. The lowest BCUT2D eigenvalue weighted by atomic mass is 9.95. The first-order chi connectivity index (χ1) is 24.2. The van der Waals surface area contributed by atoms with E-state index in [4.69, 9.17) is 4.74 Å². The van der Waals surface area contributed by atoms with E-state index in [1.807, 2.05) is 44.2 Å². The topological polar surface area (TPSA) is 155 Å². The molecule has 3 atom stereocenters. The summed E-state index contributed by atoms with van der Waals surface area (Å²) in [6.07, 6.45) is 8.77. The van der Waals surface area contributed by atoms with Crippen LogP contribution in [-0.4, -0.2) is 66.9 Å². The average molecular weight is 690 g/mol. The van der Waals surface area contributed by atoms with Gasteiger partial charge in [0.05, 0.1) is 12.2 Å². The van der Waals surface area contributed by atoms with Crippen molar-refractivity contribution in [1.29, 1.82) is 0 Å². The molecule has 5 amide bonds. The van der Waals surface area contributed by atoms with Gasteiger partial charge in [0, 0.05) is 25.4 Å². The zero-order chi connectivity index (χ0) is 35.7. The summed E-state index contributed by atoms with van der Waals surface area (Å²) in [5, 5.41) is 14.7. The molecule has 1 saturated carbocycles. The Kier molecular flexibility index (Phi) is 15.6. The number of carbonyl (C=O) groups excluding carboxylic acids is 5. The van der Waals surface area contributed by atoms with Gasteiger partial charge in [0.1, 0.15) is 23.9 Å². The van der Waals surface area contributed by atoms with E-state index in [9.17, 15) is 24.0 Å². The Morgan fingerprint density at radius 1 is 0.780 bits per heavy atom. The standard InChI is InChI=1S/C39H55N5O6/c1-27(2)25-32-37(47)40-23-13-3-4-14-24-50-34-20-12-11-19-30(34)36(46)43-31(38(48)41-29-17-9-6-10-18-29)21-22-35(45)42-33(39(49)44-32)26-28-15-7-5-8-16-28/h5,7-8,11-12,15-16,19-20,27,29,31-33H,3-4,6,9-10,13-14,17-18,21-26H2,1-2H3,(H,40,47)(H,41,48)(H,42,45)(H,43,46)(H,44,49)/t31-,32-,33-/m0/s1. The molecule has 1 aliphatic carbocycles. The Bertz CT molecular complexity index is 1410. The largest absolute Gasteiger partial charge is 0.493 e. The Morgan fingerprint density at radius 3 is 2.24 bits per heavy atom. The minimum Gasteiger partial charge on any atom is -0.493 e. The second-order valence-electron chi connectivity index (χ2n) is 14.0. The molecule has 1 heterocycles. The summed E-state index contributed by atoms with van der Waals surface area (Å²) >= 11 is 0. The molecule has 0 bridgehead atoms. The monoisotopic (exact) mass is 689 g/mol. The van der Waals surface area contributed by atoms with Crippen molar-refractivity contribution in [1.82, 2.24) is 26.6 Å². The van der Waals surface area contributed by atoms with Gasteiger partial charge in [-0.05, 0) is 62.1 Å². The molecular formula is C39H55N5O6. The van der Waals surface area contributed by atoms with Crippen molar-refractivity contribution in [3.05, 3.63) is 65.7 Å². The summed E-state index contributed by atoms with van der Waals surface area (Å²) in [5.41, 5.74) is 1.16. The lowest BCUT2D eigenvalue weighted by Crippen LogP contribution is -2.55. The number of fused-ring (bicyclic) bond motifs is 1. The molecule has 5 N–H and O–H groups in total. The highest BCUT2D eigenvalue weighted by molar-refractivity contribution is 6.00. The number of carbonyl (C=O) groups is 5. The van der Waals surface area contributed by atoms with Gasteiger partial charge in [-0.25, -0.2) is 0 Å². The fourth-order valence-corrected chi connectivity index (χ4v) is 6.51. The molecule has 0 saturated heterocycles. The van der Waals surface area contributed by atoms with Crippen LogP contribution in [0.25, 0.3) is 0 Å². The lowest BCUT2D eigenvalue weighted by molar-refractivity contribution is -0.132. The quantitative estimate of drug-likeness (QED) is 0.304. The summed E-state index contributed by atoms with van der Waals surface area (Å²) in [4.78, 5) is 67.7. The second kappa shape index (κ2) is 20.3. The van der Waals surface area contributed by atoms with Crippen LogP contribution in [0.1, 0.15) is 107 Å². The van der Waals surface area contributed by atoms with Gasteiger partial charge in [-0.15, -0.1) is 0 Å². The Labute approximate surface area is 296 Å². The van der Waals surface area contributed by atoms with E-state index >= 15 is 0 Å². The van der Waals surface area contributed by atoms with Crippen LogP contribution >= 0.6 is 0 Å². The SMILES string of the molecule is CC(C)C[C@@H]1NC(=O)[C@H](Cc2ccccc2)NC(=O)CC[C@@H](C(=O)NC2CCCCC2)NC(=O)c2ccccc2OCCCCCCNC1=O. The molecule has 4 rings (SSSR count). The third kappa shape index (κ3) is 12.8. The maximum Gasteiger partial charge on any atom is 0.255 e. The molecule has 2 aliphatic rings. The van der Waals surface area contributed by atoms with Crippen LogP contribution in [0.3, 0.4) is 0 Å². The van der Waals surface area contributed by atoms with Crippen LogP contribution in [0.5, 0.6) is 5.75 Å². The number of benzene rings is 2. The van der Waals surface area contributed by atoms with Crippen molar-refractivity contribution in [2.45, 2.75) is 121 Å². The van der Waals surface area contributed by atoms with Crippen LogP contribution in [0.4, 0.5) is 0 Å². The number of ether oxygens (including phenoxy) is 1. The molecule has 1 fully saturated rings. The van der Waals surface area contributed by atoms with E-state index < -0.39 is 35.8 Å². The molecule has 2 aromatic rings. The molecule has 11 heteroatoms. The number of rotatable bonds is 6. The first-order valence-corrected chi connectivity index (χ1v) is 18.4. The molecular weight excluding hydrogens is 634 g/mol.